The quantitative estimate of drug-likeness (QED) is 0.407. The number of hydrogen-bond donors (Lipinski definition) is 2. The monoisotopic (exact) mass is 376 g/mol. The summed E-state index contributed by atoms with van der Waals surface area (Å²) in [7, 11) is 1.62. The predicted octanol–water partition coefficient (Wildman–Crippen LogP) is 4.06. The van der Waals surface area contributed by atoms with Gasteiger partial charge >= 0.3 is 0 Å². The highest BCUT2D eigenvalue weighted by molar-refractivity contribution is 7.11. The zero-order valence-corrected chi connectivity index (χ0v) is 15.3. The Balaban J connectivity index is 1.63. The van der Waals surface area contributed by atoms with Crippen LogP contribution >= 0.6 is 11.3 Å². The first-order valence-corrected chi connectivity index (χ1v) is 9.12. The summed E-state index contributed by atoms with van der Waals surface area (Å²) in [6.45, 7) is 0. The summed E-state index contributed by atoms with van der Waals surface area (Å²) in [4.78, 5) is 13.3. The van der Waals surface area contributed by atoms with Gasteiger partial charge in [0, 0.05) is 4.88 Å². The lowest BCUT2D eigenvalue weighted by Gasteiger charge is -2.09. The zero-order chi connectivity index (χ0) is 18.6. The van der Waals surface area contributed by atoms with Crippen LogP contribution in [0.1, 0.15) is 15.4 Å². The van der Waals surface area contributed by atoms with Crippen molar-refractivity contribution in [1.82, 2.24) is 15.6 Å². The second kappa shape index (κ2) is 7.43. The second-order valence-electron chi connectivity index (χ2n) is 5.75. The minimum Gasteiger partial charge on any atom is -0.496 e. The number of thiophene rings is 1. The Hall–Kier alpha value is -3.45. The van der Waals surface area contributed by atoms with Crippen LogP contribution in [-0.2, 0) is 0 Å². The molecule has 2 heterocycles. The molecule has 0 aliphatic rings. The van der Waals surface area contributed by atoms with Crippen LogP contribution in [0.25, 0.3) is 22.0 Å². The number of H-pyrrole nitrogens is 1. The first-order valence-electron chi connectivity index (χ1n) is 8.24. The minimum atomic E-state index is -0.360. The predicted molar refractivity (Wildman–Crippen MR) is 107 cm³/mol. The van der Waals surface area contributed by atoms with Crippen molar-refractivity contribution in [1.29, 1.82) is 0 Å². The van der Waals surface area contributed by atoms with Gasteiger partial charge in [0.15, 0.2) is 0 Å². The number of fused-ring (bicyclic) bond motifs is 1. The van der Waals surface area contributed by atoms with Crippen LogP contribution in [0.4, 0.5) is 0 Å². The Morgan fingerprint density at radius 2 is 2.11 bits per heavy atom. The highest BCUT2D eigenvalue weighted by atomic mass is 32.1. The normalized spacial score (nSPS) is 11.1. The number of methoxy groups -OCH3 is 1. The van der Waals surface area contributed by atoms with Crippen LogP contribution in [0.2, 0.25) is 0 Å². The molecule has 0 spiro atoms. The van der Waals surface area contributed by atoms with Crippen molar-refractivity contribution >= 4 is 34.2 Å². The molecule has 2 aromatic heterocycles. The van der Waals surface area contributed by atoms with E-state index in [-0.39, 0.29) is 5.91 Å². The van der Waals surface area contributed by atoms with E-state index in [1.54, 1.807) is 30.7 Å². The van der Waals surface area contributed by atoms with Gasteiger partial charge in [0.25, 0.3) is 5.91 Å². The van der Waals surface area contributed by atoms with Gasteiger partial charge in [-0.15, -0.1) is 11.3 Å². The van der Waals surface area contributed by atoms with Gasteiger partial charge in [0.2, 0.25) is 0 Å². The highest BCUT2D eigenvalue weighted by Crippen LogP contribution is 2.36. The molecule has 1 amide bonds. The molecule has 134 valence electrons. The fourth-order valence-electron chi connectivity index (χ4n) is 2.83. The molecule has 0 saturated carbocycles. The summed E-state index contributed by atoms with van der Waals surface area (Å²) in [6, 6.07) is 17.4. The van der Waals surface area contributed by atoms with Crippen molar-refractivity contribution in [3.05, 3.63) is 70.5 Å². The maximum absolute atomic E-state index is 12.3. The molecule has 7 heteroatoms. The molecule has 0 radical (unpaired) electrons. The molecular formula is C20H16N4O2S. The summed E-state index contributed by atoms with van der Waals surface area (Å²) >= 11 is 1.54. The van der Waals surface area contributed by atoms with E-state index >= 15 is 0 Å². The van der Waals surface area contributed by atoms with E-state index in [1.807, 2.05) is 53.9 Å². The van der Waals surface area contributed by atoms with E-state index in [4.69, 9.17) is 4.74 Å². The summed E-state index contributed by atoms with van der Waals surface area (Å²) in [5.74, 6) is 0.337. The van der Waals surface area contributed by atoms with Crippen LogP contribution in [0, 0.1) is 0 Å². The minimum absolute atomic E-state index is 0.323. The molecule has 0 aliphatic carbocycles. The number of hydrazone groups is 1. The van der Waals surface area contributed by atoms with Crippen molar-refractivity contribution < 1.29 is 9.53 Å². The molecule has 2 N–H and O–H groups in total. The average molecular weight is 376 g/mol. The van der Waals surface area contributed by atoms with E-state index in [0.29, 0.717) is 17.1 Å². The van der Waals surface area contributed by atoms with Gasteiger partial charge in [-0.1, -0.05) is 36.4 Å². The summed E-state index contributed by atoms with van der Waals surface area (Å²) in [6.07, 6.45) is 1.60. The van der Waals surface area contributed by atoms with Gasteiger partial charge in [0.05, 0.1) is 24.6 Å². The Labute approximate surface area is 159 Å². The van der Waals surface area contributed by atoms with Crippen molar-refractivity contribution in [3.8, 4) is 17.0 Å². The SMILES string of the molecule is COc1ccc2ccccc2c1-c1cc(C(=O)N/N=C\c2cccs2)[nH]n1. The molecule has 0 atom stereocenters. The standard InChI is InChI=1S/C20H16N4O2S/c1-26-18-9-8-13-5-2-3-7-15(13)19(18)16-11-17(23-22-16)20(25)24-21-12-14-6-4-10-27-14/h2-12H,1H3,(H,22,23)(H,24,25)/b21-12-. The second-order valence-corrected chi connectivity index (χ2v) is 6.72. The molecule has 0 aliphatic heterocycles. The van der Waals surface area contributed by atoms with Gasteiger partial charge in [-0.05, 0) is 34.4 Å². The molecule has 27 heavy (non-hydrogen) atoms. The summed E-state index contributed by atoms with van der Waals surface area (Å²) in [5, 5.41) is 15.1. The van der Waals surface area contributed by atoms with Crippen LogP contribution in [0.15, 0.2) is 65.1 Å². The van der Waals surface area contributed by atoms with E-state index in [9.17, 15) is 4.79 Å². The Morgan fingerprint density at radius 1 is 1.22 bits per heavy atom. The van der Waals surface area contributed by atoms with Gasteiger partial charge in [-0.25, -0.2) is 5.43 Å². The van der Waals surface area contributed by atoms with E-state index in [1.165, 1.54) is 0 Å². The van der Waals surface area contributed by atoms with E-state index < -0.39 is 0 Å². The molecule has 0 saturated heterocycles. The fourth-order valence-corrected chi connectivity index (χ4v) is 3.42. The van der Waals surface area contributed by atoms with Crippen molar-refractivity contribution in [2.24, 2.45) is 5.10 Å². The molecule has 2 aromatic carbocycles. The Kier molecular flexibility index (Phi) is 4.67. The number of nitrogens with one attached hydrogen (secondary N) is 2. The van der Waals surface area contributed by atoms with Gasteiger partial charge in [0.1, 0.15) is 11.4 Å². The topological polar surface area (TPSA) is 79.4 Å². The lowest BCUT2D eigenvalue weighted by molar-refractivity contribution is 0.0950. The number of hydrogen-bond acceptors (Lipinski definition) is 5. The van der Waals surface area contributed by atoms with E-state index in [0.717, 1.165) is 21.2 Å². The first kappa shape index (κ1) is 17.0. The van der Waals surface area contributed by atoms with Crippen molar-refractivity contribution in [2.75, 3.05) is 7.11 Å². The number of aromatic amines is 1. The fraction of sp³-hybridized carbons (Fsp3) is 0.0500. The van der Waals surface area contributed by atoms with Crippen molar-refractivity contribution in [3.63, 3.8) is 0 Å². The number of carbonyl (C=O) groups excluding carboxylic acids is 1. The number of amides is 1. The Bertz CT molecular complexity index is 1120. The lowest BCUT2D eigenvalue weighted by Crippen LogP contribution is -2.17. The number of nitrogens with zero attached hydrogens (tertiary/aromatic N) is 2. The Morgan fingerprint density at radius 3 is 2.93 bits per heavy atom. The third-order valence-electron chi connectivity index (χ3n) is 4.09. The molecule has 0 fully saturated rings. The zero-order valence-electron chi connectivity index (χ0n) is 14.5. The first-order chi connectivity index (χ1) is 13.3. The van der Waals surface area contributed by atoms with Crippen LogP contribution < -0.4 is 10.2 Å². The van der Waals surface area contributed by atoms with Gasteiger partial charge < -0.3 is 4.74 Å². The van der Waals surface area contributed by atoms with E-state index in [2.05, 4.69) is 20.7 Å². The van der Waals surface area contributed by atoms with Gasteiger partial charge in [-0.2, -0.15) is 10.2 Å². The third-order valence-corrected chi connectivity index (χ3v) is 4.90. The maximum atomic E-state index is 12.3. The average Bonchev–Trinajstić information content (AvgIpc) is 3.39. The summed E-state index contributed by atoms with van der Waals surface area (Å²) in [5.41, 5.74) is 4.30. The number of carbonyl (C=O) groups is 1. The largest absolute Gasteiger partial charge is 0.496 e. The lowest BCUT2D eigenvalue weighted by atomic mass is 10.0. The van der Waals surface area contributed by atoms with Crippen LogP contribution in [-0.4, -0.2) is 29.4 Å². The number of benzene rings is 2. The molecule has 0 bridgehead atoms. The molecular weight excluding hydrogens is 360 g/mol. The number of rotatable bonds is 5. The smallest absolute Gasteiger partial charge is 0.289 e. The molecule has 0 unspecified atom stereocenters. The summed E-state index contributed by atoms with van der Waals surface area (Å²) < 4.78 is 5.51. The molecule has 6 nitrogen and oxygen atoms in total. The highest BCUT2D eigenvalue weighted by Gasteiger charge is 2.16. The van der Waals surface area contributed by atoms with Crippen LogP contribution in [0.3, 0.4) is 0 Å². The number of aromatic nitrogens is 2. The van der Waals surface area contributed by atoms with Crippen molar-refractivity contribution in [2.45, 2.75) is 0 Å². The van der Waals surface area contributed by atoms with Crippen LogP contribution in [0.5, 0.6) is 5.75 Å². The maximum Gasteiger partial charge on any atom is 0.289 e. The third kappa shape index (κ3) is 3.45. The number of ether oxygens (including phenoxy) is 1. The molecule has 4 rings (SSSR count). The van der Waals surface area contributed by atoms with Gasteiger partial charge in [-0.3, -0.25) is 9.89 Å². The molecule has 4 aromatic rings.